The van der Waals surface area contributed by atoms with E-state index in [-0.39, 0.29) is 18.6 Å². The first-order chi connectivity index (χ1) is 9.56. The van der Waals surface area contributed by atoms with E-state index in [4.69, 9.17) is 9.15 Å². The van der Waals surface area contributed by atoms with Gasteiger partial charge in [0.1, 0.15) is 18.1 Å². The molecule has 1 aromatic carbocycles. The fourth-order valence-corrected chi connectivity index (χ4v) is 2.02. The molecule has 0 fully saturated rings. The normalized spacial score (nSPS) is 10.6. The van der Waals surface area contributed by atoms with Gasteiger partial charge in [-0.05, 0) is 54.0 Å². The summed E-state index contributed by atoms with van der Waals surface area (Å²) in [5, 5.41) is 2.77. The van der Waals surface area contributed by atoms with E-state index in [0.29, 0.717) is 11.5 Å². The van der Waals surface area contributed by atoms with E-state index in [1.54, 1.807) is 12.1 Å². The highest BCUT2D eigenvalue weighted by atomic mass is 79.9. The second-order valence-electron chi connectivity index (χ2n) is 4.61. The van der Waals surface area contributed by atoms with Gasteiger partial charge in [-0.15, -0.1) is 0 Å². The summed E-state index contributed by atoms with van der Waals surface area (Å²) >= 11 is 3.41. The van der Waals surface area contributed by atoms with Gasteiger partial charge in [0.25, 0.3) is 5.91 Å². The van der Waals surface area contributed by atoms with Crippen LogP contribution in [0.25, 0.3) is 0 Å². The second kappa shape index (κ2) is 6.61. The van der Waals surface area contributed by atoms with Crippen LogP contribution >= 0.6 is 15.9 Å². The van der Waals surface area contributed by atoms with Gasteiger partial charge in [-0.3, -0.25) is 4.79 Å². The van der Waals surface area contributed by atoms with E-state index in [1.165, 1.54) is 0 Å². The predicted octanol–water partition coefficient (Wildman–Crippen LogP) is 3.76. The summed E-state index contributed by atoms with van der Waals surface area (Å²) < 4.78 is 12.0. The maximum absolute atomic E-state index is 11.7. The van der Waals surface area contributed by atoms with Crippen molar-refractivity contribution in [1.82, 2.24) is 5.32 Å². The standard InChI is InChI=1S/C15H16BrNO3/c1-10(2)17-15(18)14-8-7-11(20-14)9-19-13-6-4-3-5-12(13)16/h3-8,10H,9H2,1-2H3,(H,17,18). The van der Waals surface area contributed by atoms with Gasteiger partial charge < -0.3 is 14.5 Å². The van der Waals surface area contributed by atoms with Gasteiger partial charge in [-0.1, -0.05) is 12.1 Å². The first kappa shape index (κ1) is 14.7. The number of para-hydroxylation sites is 1. The van der Waals surface area contributed by atoms with Crippen LogP contribution in [-0.4, -0.2) is 11.9 Å². The molecular formula is C15H16BrNO3. The Morgan fingerprint density at radius 2 is 2.05 bits per heavy atom. The van der Waals surface area contributed by atoms with Crippen LogP contribution in [-0.2, 0) is 6.61 Å². The molecule has 0 radical (unpaired) electrons. The molecule has 2 rings (SSSR count). The van der Waals surface area contributed by atoms with Crippen molar-refractivity contribution in [3.8, 4) is 5.75 Å². The van der Waals surface area contributed by atoms with Crippen molar-refractivity contribution < 1.29 is 13.9 Å². The number of furan rings is 1. The van der Waals surface area contributed by atoms with Crippen molar-refractivity contribution >= 4 is 21.8 Å². The molecule has 2 aromatic rings. The molecule has 5 heteroatoms. The summed E-state index contributed by atoms with van der Waals surface area (Å²) in [5.74, 6) is 1.42. The Hall–Kier alpha value is -1.75. The van der Waals surface area contributed by atoms with E-state index in [1.807, 2.05) is 38.1 Å². The number of carbonyl (C=O) groups excluding carboxylic acids is 1. The fraction of sp³-hybridized carbons (Fsp3) is 0.267. The molecule has 0 saturated carbocycles. The number of hydrogen-bond donors (Lipinski definition) is 1. The van der Waals surface area contributed by atoms with E-state index in [2.05, 4.69) is 21.2 Å². The lowest BCUT2D eigenvalue weighted by atomic mass is 10.3. The third-order valence-corrected chi connectivity index (χ3v) is 3.17. The van der Waals surface area contributed by atoms with Gasteiger partial charge in [0.05, 0.1) is 4.47 Å². The lowest BCUT2D eigenvalue weighted by Crippen LogP contribution is -2.29. The van der Waals surface area contributed by atoms with E-state index in [9.17, 15) is 4.79 Å². The Morgan fingerprint density at radius 3 is 2.75 bits per heavy atom. The minimum atomic E-state index is -0.216. The van der Waals surface area contributed by atoms with Crippen molar-refractivity contribution in [1.29, 1.82) is 0 Å². The Balaban J connectivity index is 1.96. The molecule has 0 unspecified atom stereocenters. The van der Waals surface area contributed by atoms with Gasteiger partial charge in [0.15, 0.2) is 5.76 Å². The zero-order valence-corrected chi connectivity index (χ0v) is 12.9. The fourth-order valence-electron chi connectivity index (χ4n) is 1.62. The van der Waals surface area contributed by atoms with E-state index in [0.717, 1.165) is 10.2 Å². The summed E-state index contributed by atoms with van der Waals surface area (Å²) in [6.07, 6.45) is 0. The quantitative estimate of drug-likeness (QED) is 0.903. The highest BCUT2D eigenvalue weighted by Gasteiger charge is 2.12. The minimum Gasteiger partial charge on any atom is -0.484 e. The first-order valence-electron chi connectivity index (χ1n) is 6.33. The highest BCUT2D eigenvalue weighted by molar-refractivity contribution is 9.10. The third-order valence-electron chi connectivity index (χ3n) is 2.51. The smallest absolute Gasteiger partial charge is 0.287 e. The Morgan fingerprint density at radius 1 is 1.30 bits per heavy atom. The van der Waals surface area contributed by atoms with Crippen LogP contribution < -0.4 is 10.1 Å². The summed E-state index contributed by atoms with van der Waals surface area (Å²) in [7, 11) is 0. The zero-order chi connectivity index (χ0) is 14.5. The monoisotopic (exact) mass is 337 g/mol. The maximum Gasteiger partial charge on any atom is 0.287 e. The van der Waals surface area contributed by atoms with Gasteiger partial charge in [0.2, 0.25) is 0 Å². The highest BCUT2D eigenvalue weighted by Crippen LogP contribution is 2.24. The van der Waals surface area contributed by atoms with Gasteiger partial charge in [-0.25, -0.2) is 0 Å². The SMILES string of the molecule is CC(C)NC(=O)c1ccc(COc2ccccc2Br)o1. The number of ether oxygens (including phenoxy) is 1. The van der Waals surface area contributed by atoms with Crippen LogP contribution in [0, 0.1) is 0 Å². The minimum absolute atomic E-state index is 0.0765. The second-order valence-corrected chi connectivity index (χ2v) is 5.47. The molecule has 0 atom stereocenters. The molecule has 0 bridgehead atoms. The maximum atomic E-state index is 11.7. The van der Waals surface area contributed by atoms with Gasteiger partial charge >= 0.3 is 0 Å². The zero-order valence-electron chi connectivity index (χ0n) is 11.4. The number of benzene rings is 1. The average molecular weight is 338 g/mol. The molecule has 4 nitrogen and oxygen atoms in total. The summed E-state index contributed by atoms with van der Waals surface area (Å²) in [5.41, 5.74) is 0. The number of hydrogen-bond acceptors (Lipinski definition) is 3. The predicted molar refractivity (Wildman–Crippen MR) is 79.8 cm³/mol. The van der Waals surface area contributed by atoms with Gasteiger partial charge in [0, 0.05) is 6.04 Å². The Labute approximate surface area is 126 Å². The molecule has 1 heterocycles. The van der Waals surface area contributed by atoms with Crippen LogP contribution in [0.2, 0.25) is 0 Å². The molecule has 0 spiro atoms. The number of amides is 1. The lowest BCUT2D eigenvalue weighted by Gasteiger charge is -2.07. The average Bonchev–Trinajstić information content (AvgIpc) is 2.86. The molecule has 1 N–H and O–H groups in total. The summed E-state index contributed by atoms with van der Waals surface area (Å²) in [4.78, 5) is 11.7. The van der Waals surface area contributed by atoms with E-state index < -0.39 is 0 Å². The number of nitrogens with one attached hydrogen (secondary N) is 1. The number of carbonyl (C=O) groups is 1. The van der Waals surface area contributed by atoms with Crippen molar-refractivity contribution in [2.45, 2.75) is 26.5 Å². The Bertz CT molecular complexity index is 592. The molecule has 0 aliphatic carbocycles. The molecule has 20 heavy (non-hydrogen) atoms. The number of rotatable bonds is 5. The lowest BCUT2D eigenvalue weighted by molar-refractivity contribution is 0.0911. The van der Waals surface area contributed by atoms with Gasteiger partial charge in [-0.2, -0.15) is 0 Å². The van der Waals surface area contributed by atoms with Crippen LogP contribution in [0.5, 0.6) is 5.75 Å². The van der Waals surface area contributed by atoms with Crippen LogP contribution in [0.1, 0.15) is 30.2 Å². The molecule has 1 aromatic heterocycles. The van der Waals surface area contributed by atoms with Crippen molar-refractivity contribution in [3.63, 3.8) is 0 Å². The van der Waals surface area contributed by atoms with Crippen LogP contribution in [0.4, 0.5) is 0 Å². The van der Waals surface area contributed by atoms with Crippen molar-refractivity contribution in [2.24, 2.45) is 0 Å². The molecule has 0 aliphatic rings. The third kappa shape index (κ3) is 3.87. The summed E-state index contributed by atoms with van der Waals surface area (Å²) in [6, 6.07) is 11.0. The van der Waals surface area contributed by atoms with Crippen molar-refractivity contribution in [3.05, 3.63) is 52.4 Å². The summed E-state index contributed by atoms with van der Waals surface area (Å²) in [6.45, 7) is 4.08. The first-order valence-corrected chi connectivity index (χ1v) is 7.12. The molecule has 0 saturated heterocycles. The molecule has 1 amide bonds. The molecule has 106 valence electrons. The van der Waals surface area contributed by atoms with Crippen LogP contribution in [0.3, 0.4) is 0 Å². The van der Waals surface area contributed by atoms with E-state index >= 15 is 0 Å². The Kier molecular flexibility index (Phi) is 4.84. The molecule has 0 aliphatic heterocycles. The topological polar surface area (TPSA) is 51.5 Å². The van der Waals surface area contributed by atoms with Crippen LogP contribution in [0.15, 0.2) is 45.3 Å². The van der Waals surface area contributed by atoms with Crippen molar-refractivity contribution in [2.75, 3.05) is 0 Å². The number of halogens is 1. The molecular weight excluding hydrogens is 322 g/mol. The largest absolute Gasteiger partial charge is 0.484 e.